The number of carbonyl (C=O) groups excluding carboxylic acids is 1. The Balaban J connectivity index is 1.81. The fourth-order valence-corrected chi connectivity index (χ4v) is 5.42. The summed E-state index contributed by atoms with van der Waals surface area (Å²) in [6.07, 6.45) is 7.37. The van der Waals surface area contributed by atoms with Gasteiger partial charge in [0.25, 0.3) is 5.91 Å². The number of hydrogen-bond acceptors (Lipinski definition) is 5. The number of methoxy groups -OCH3 is 2. The van der Waals surface area contributed by atoms with Gasteiger partial charge in [-0.1, -0.05) is 42.1 Å². The van der Waals surface area contributed by atoms with E-state index in [0.29, 0.717) is 41.5 Å². The average molecular weight is 672 g/mol. The number of benzene rings is 3. The molecule has 1 heterocycles. The third kappa shape index (κ3) is 7.96. The molecule has 0 saturated heterocycles. The minimum Gasteiger partial charge on any atom is -0.497 e. The first kappa shape index (κ1) is 33.0. The van der Waals surface area contributed by atoms with Crippen molar-refractivity contribution in [3.63, 3.8) is 0 Å². The molecular formula is C34H37BrF2N2O5. The minimum absolute atomic E-state index is 0.0272. The molecule has 234 valence electrons. The molecule has 0 bridgehead atoms. The molecule has 0 saturated carbocycles. The lowest BCUT2D eigenvalue weighted by molar-refractivity contribution is 0.0985. The maximum atomic E-state index is 14.1. The second-order valence-corrected chi connectivity index (χ2v) is 11.2. The van der Waals surface area contributed by atoms with Crippen molar-refractivity contribution in [2.24, 2.45) is 0 Å². The molecule has 0 aliphatic carbocycles. The molecule has 0 aliphatic rings. The highest BCUT2D eigenvalue weighted by Crippen LogP contribution is 2.30. The first-order valence-electron chi connectivity index (χ1n) is 14.7. The number of unbranched alkanes of at least 4 members (excludes halogenated alkanes) is 4. The van der Waals surface area contributed by atoms with E-state index in [9.17, 15) is 18.4 Å². The molecule has 0 spiro atoms. The summed E-state index contributed by atoms with van der Waals surface area (Å²) in [5.74, 6) is -0.710. The highest BCUT2D eigenvalue weighted by molar-refractivity contribution is 9.09. The zero-order valence-corrected chi connectivity index (χ0v) is 26.8. The highest BCUT2D eigenvalue weighted by atomic mass is 79.9. The van der Waals surface area contributed by atoms with Crippen molar-refractivity contribution < 1.29 is 27.8 Å². The predicted molar refractivity (Wildman–Crippen MR) is 173 cm³/mol. The van der Waals surface area contributed by atoms with Gasteiger partial charge in [-0.05, 0) is 43.5 Å². The van der Waals surface area contributed by atoms with Gasteiger partial charge in [0, 0.05) is 59.5 Å². The summed E-state index contributed by atoms with van der Waals surface area (Å²) in [6.45, 7) is 2.51. The molecule has 4 aromatic rings. The summed E-state index contributed by atoms with van der Waals surface area (Å²) >= 11 is 3.46. The molecule has 7 nitrogen and oxygen atoms in total. The van der Waals surface area contributed by atoms with Gasteiger partial charge in [-0.2, -0.15) is 0 Å². The van der Waals surface area contributed by atoms with Gasteiger partial charge in [0.05, 0.1) is 32.0 Å². The molecule has 0 atom stereocenters. The van der Waals surface area contributed by atoms with Crippen molar-refractivity contribution in [1.82, 2.24) is 4.57 Å². The molecule has 3 aromatic carbocycles. The normalized spacial score (nSPS) is 11.0. The van der Waals surface area contributed by atoms with Crippen LogP contribution in [0.25, 0.3) is 16.6 Å². The number of aromatic nitrogens is 1. The lowest BCUT2D eigenvalue weighted by Gasteiger charge is -2.23. The van der Waals surface area contributed by atoms with Crippen molar-refractivity contribution in [2.45, 2.75) is 45.4 Å². The Labute approximate surface area is 264 Å². The molecule has 4 rings (SSSR count). The Morgan fingerprint density at radius 3 is 2.16 bits per heavy atom. The van der Waals surface area contributed by atoms with Gasteiger partial charge in [0.1, 0.15) is 34.4 Å². The van der Waals surface area contributed by atoms with Crippen molar-refractivity contribution in [3.8, 4) is 22.9 Å². The maximum Gasteiger partial charge on any atom is 0.263 e. The molecule has 10 heteroatoms. The van der Waals surface area contributed by atoms with Crippen LogP contribution in [0.15, 0.2) is 65.6 Å². The molecule has 0 N–H and O–H groups in total. The van der Waals surface area contributed by atoms with E-state index in [2.05, 4.69) is 15.9 Å². The van der Waals surface area contributed by atoms with Gasteiger partial charge in [-0.25, -0.2) is 8.78 Å². The van der Waals surface area contributed by atoms with E-state index >= 15 is 0 Å². The predicted octanol–water partition coefficient (Wildman–Crippen LogP) is 8.07. The van der Waals surface area contributed by atoms with Crippen LogP contribution in [-0.2, 0) is 0 Å². The summed E-state index contributed by atoms with van der Waals surface area (Å²) in [5.41, 5.74) is 0.444. The van der Waals surface area contributed by atoms with Crippen LogP contribution in [0.2, 0.25) is 0 Å². The van der Waals surface area contributed by atoms with E-state index < -0.39 is 23.0 Å². The number of carbonyl (C=O) groups is 1. The van der Waals surface area contributed by atoms with Crippen LogP contribution >= 0.6 is 15.9 Å². The first-order valence-corrected chi connectivity index (χ1v) is 15.8. The summed E-state index contributed by atoms with van der Waals surface area (Å²) in [6, 6.07) is 13.2. The SMILES string of the molecule is CCCN(C(=O)c1cn(-c2cc(OC)cc(OC)c2)c2cc(OCCCCCCCBr)ccc2c1=O)c1cc(F)cc(F)c1. The van der Waals surface area contributed by atoms with Crippen LogP contribution in [-0.4, -0.2) is 43.2 Å². The van der Waals surface area contributed by atoms with Crippen LogP contribution in [0.1, 0.15) is 55.8 Å². The Morgan fingerprint density at radius 1 is 0.864 bits per heavy atom. The summed E-state index contributed by atoms with van der Waals surface area (Å²) in [4.78, 5) is 29.1. The zero-order chi connectivity index (χ0) is 31.6. The molecule has 0 fully saturated rings. The van der Waals surface area contributed by atoms with E-state index in [0.717, 1.165) is 49.2 Å². The number of alkyl halides is 1. The quantitative estimate of drug-likeness (QED) is 0.0945. The minimum atomic E-state index is -0.820. The molecule has 0 aliphatic heterocycles. The monoisotopic (exact) mass is 670 g/mol. The van der Waals surface area contributed by atoms with Gasteiger partial charge in [-0.3, -0.25) is 9.59 Å². The second-order valence-electron chi connectivity index (χ2n) is 10.4. The third-order valence-electron chi connectivity index (χ3n) is 7.22. The number of ether oxygens (including phenoxy) is 3. The Bertz CT molecular complexity index is 1620. The number of rotatable bonds is 15. The smallest absolute Gasteiger partial charge is 0.263 e. The van der Waals surface area contributed by atoms with Crippen LogP contribution in [0, 0.1) is 11.6 Å². The number of halogens is 3. The Morgan fingerprint density at radius 2 is 1.52 bits per heavy atom. The number of amides is 1. The first-order chi connectivity index (χ1) is 21.3. The second kappa shape index (κ2) is 15.7. The van der Waals surface area contributed by atoms with E-state index in [1.165, 1.54) is 31.7 Å². The summed E-state index contributed by atoms with van der Waals surface area (Å²) in [7, 11) is 3.06. The number of anilines is 1. The molecule has 0 unspecified atom stereocenters. The Hall–Kier alpha value is -3.92. The molecule has 44 heavy (non-hydrogen) atoms. The van der Waals surface area contributed by atoms with Gasteiger partial charge >= 0.3 is 0 Å². The van der Waals surface area contributed by atoms with E-state index in [4.69, 9.17) is 14.2 Å². The Kier molecular flexibility index (Phi) is 11.8. The van der Waals surface area contributed by atoms with E-state index in [1.807, 2.05) is 6.92 Å². The van der Waals surface area contributed by atoms with Crippen LogP contribution in [0.3, 0.4) is 0 Å². The van der Waals surface area contributed by atoms with Gasteiger partial charge in [0.15, 0.2) is 0 Å². The number of pyridine rings is 1. The summed E-state index contributed by atoms with van der Waals surface area (Å²) < 4.78 is 47.0. The van der Waals surface area contributed by atoms with Gasteiger partial charge in [-0.15, -0.1) is 0 Å². The zero-order valence-electron chi connectivity index (χ0n) is 25.2. The van der Waals surface area contributed by atoms with E-state index in [1.54, 1.807) is 41.0 Å². The van der Waals surface area contributed by atoms with E-state index in [-0.39, 0.29) is 23.2 Å². The van der Waals surface area contributed by atoms with Crippen LogP contribution in [0.4, 0.5) is 14.5 Å². The van der Waals surface area contributed by atoms with Crippen LogP contribution < -0.4 is 24.5 Å². The third-order valence-corrected chi connectivity index (χ3v) is 7.78. The topological polar surface area (TPSA) is 70.0 Å². The molecule has 0 radical (unpaired) electrons. The van der Waals surface area contributed by atoms with Crippen LogP contribution in [0.5, 0.6) is 17.2 Å². The molecule has 1 amide bonds. The average Bonchev–Trinajstić information content (AvgIpc) is 3.02. The molecule has 1 aromatic heterocycles. The number of nitrogens with zero attached hydrogens (tertiary/aromatic N) is 2. The summed E-state index contributed by atoms with van der Waals surface area (Å²) in [5, 5.41) is 1.29. The van der Waals surface area contributed by atoms with Gasteiger partial charge in [0.2, 0.25) is 5.43 Å². The maximum absolute atomic E-state index is 14.1. The number of hydrogen-bond donors (Lipinski definition) is 0. The lowest BCUT2D eigenvalue weighted by Crippen LogP contribution is -2.35. The van der Waals surface area contributed by atoms with Crippen molar-refractivity contribution in [1.29, 1.82) is 0 Å². The fourth-order valence-electron chi connectivity index (χ4n) is 5.02. The van der Waals surface area contributed by atoms with Gasteiger partial charge < -0.3 is 23.7 Å². The fraction of sp³-hybridized carbons (Fsp3) is 0.353. The number of fused-ring (bicyclic) bond motifs is 1. The van der Waals surface area contributed by atoms with Crippen molar-refractivity contribution in [2.75, 3.05) is 37.6 Å². The lowest BCUT2D eigenvalue weighted by atomic mass is 10.1. The van der Waals surface area contributed by atoms with Crippen molar-refractivity contribution in [3.05, 3.63) is 88.2 Å². The largest absolute Gasteiger partial charge is 0.497 e. The standard InChI is InChI=1S/C34H37BrF2N2O5/c1-4-13-38(25-16-23(36)15-24(37)17-25)34(41)31-22-39(26-18-28(42-2)20-29(19-26)43-3)32-21-27(10-11-30(32)33(31)40)44-14-9-7-5-6-8-12-35/h10-11,15-22H,4-9,12-14H2,1-3H3. The molecular weight excluding hydrogens is 634 g/mol. The van der Waals surface area contributed by atoms with Crippen molar-refractivity contribution >= 4 is 38.4 Å². The highest BCUT2D eigenvalue weighted by Gasteiger charge is 2.24.